The van der Waals surface area contributed by atoms with Gasteiger partial charge >= 0.3 is 0 Å². The van der Waals surface area contributed by atoms with Crippen LogP contribution >= 0.6 is 0 Å². The van der Waals surface area contributed by atoms with E-state index in [9.17, 15) is 10.1 Å². The van der Waals surface area contributed by atoms with Crippen molar-refractivity contribution in [3.63, 3.8) is 0 Å². The number of benzene rings is 2. The molecule has 0 unspecified atom stereocenters. The van der Waals surface area contributed by atoms with Gasteiger partial charge in [0.25, 0.3) is 5.91 Å². The van der Waals surface area contributed by atoms with Crippen LogP contribution in [0.3, 0.4) is 0 Å². The van der Waals surface area contributed by atoms with Gasteiger partial charge in [-0.3, -0.25) is 9.78 Å². The molecule has 2 N–H and O–H groups in total. The van der Waals surface area contributed by atoms with Crippen molar-refractivity contribution in [3.8, 4) is 17.2 Å². The molecule has 1 aliphatic rings. The molecule has 2 heterocycles. The van der Waals surface area contributed by atoms with Gasteiger partial charge in [-0.05, 0) is 66.8 Å². The van der Waals surface area contributed by atoms with Gasteiger partial charge in [0.1, 0.15) is 5.82 Å². The molecule has 0 aliphatic heterocycles. The summed E-state index contributed by atoms with van der Waals surface area (Å²) >= 11 is 0. The van der Waals surface area contributed by atoms with Crippen LogP contribution in [0.5, 0.6) is 0 Å². The lowest BCUT2D eigenvalue weighted by molar-refractivity contribution is 0.102. The summed E-state index contributed by atoms with van der Waals surface area (Å²) in [4.78, 5) is 21.9. The molecule has 1 amide bonds. The Morgan fingerprint density at radius 2 is 1.91 bits per heavy atom. The molecular formula is C27H23N5O. The third-order valence-electron chi connectivity index (χ3n) is 6.27. The lowest BCUT2D eigenvalue weighted by Gasteiger charge is -2.12. The van der Waals surface area contributed by atoms with Gasteiger partial charge in [-0.2, -0.15) is 5.26 Å². The Morgan fingerprint density at radius 1 is 1.06 bits per heavy atom. The Bertz CT molecular complexity index is 1430. The van der Waals surface area contributed by atoms with Gasteiger partial charge in [0, 0.05) is 47.7 Å². The minimum atomic E-state index is -0.417. The van der Waals surface area contributed by atoms with E-state index in [0.29, 0.717) is 11.3 Å². The number of carbonyl (C=O) groups is 1. The molecule has 0 spiro atoms. The number of nitriles is 1. The summed E-state index contributed by atoms with van der Waals surface area (Å²) in [6.07, 6.45) is 5.35. The van der Waals surface area contributed by atoms with Crippen LogP contribution in [0.1, 0.15) is 34.3 Å². The van der Waals surface area contributed by atoms with Crippen LogP contribution in [-0.2, 0) is 5.41 Å². The fourth-order valence-corrected chi connectivity index (χ4v) is 4.07. The monoisotopic (exact) mass is 433 g/mol. The molecule has 5 rings (SSSR count). The van der Waals surface area contributed by atoms with Crippen LogP contribution in [0.2, 0.25) is 0 Å². The van der Waals surface area contributed by atoms with Crippen molar-refractivity contribution < 1.29 is 4.79 Å². The highest BCUT2D eigenvalue weighted by Gasteiger charge is 2.45. The third-order valence-corrected chi connectivity index (χ3v) is 6.27. The molecule has 2 aromatic carbocycles. The molecule has 0 saturated heterocycles. The smallest absolute Gasteiger partial charge is 0.255 e. The van der Waals surface area contributed by atoms with Crippen LogP contribution in [-0.4, -0.2) is 22.9 Å². The van der Waals surface area contributed by atoms with Gasteiger partial charge < -0.3 is 10.6 Å². The number of rotatable bonds is 5. The standard InChI is InChI=1S/C27H23N5O/c1-17-6-7-22(32-26(33)18-4-3-5-21(11-18)27(16-28)8-9-27)12-23(17)19-10-20-15-31-25(29-2)13-24(20)30-14-19/h3-7,10-15H,8-9H2,1-2H3,(H,29,31)(H,32,33). The lowest BCUT2D eigenvalue weighted by atomic mass is 9.95. The first-order valence-electron chi connectivity index (χ1n) is 10.9. The van der Waals surface area contributed by atoms with Crippen LogP contribution in [0.25, 0.3) is 22.0 Å². The van der Waals surface area contributed by atoms with Gasteiger partial charge in [0.15, 0.2) is 0 Å². The number of aryl methyl sites for hydroxylation is 1. The average Bonchev–Trinajstić information content (AvgIpc) is 3.66. The maximum Gasteiger partial charge on any atom is 0.255 e. The number of aromatic nitrogens is 2. The number of anilines is 2. The highest BCUT2D eigenvalue weighted by molar-refractivity contribution is 6.04. The van der Waals surface area contributed by atoms with Crippen molar-refractivity contribution in [2.75, 3.05) is 17.7 Å². The van der Waals surface area contributed by atoms with Crippen LogP contribution < -0.4 is 10.6 Å². The summed E-state index contributed by atoms with van der Waals surface area (Å²) in [5.74, 6) is 0.580. The molecule has 1 saturated carbocycles. The van der Waals surface area contributed by atoms with Gasteiger partial charge in [0.05, 0.1) is 17.0 Å². The number of amides is 1. The molecule has 6 nitrogen and oxygen atoms in total. The summed E-state index contributed by atoms with van der Waals surface area (Å²) < 4.78 is 0. The first-order chi connectivity index (χ1) is 16.0. The molecule has 33 heavy (non-hydrogen) atoms. The van der Waals surface area contributed by atoms with E-state index in [1.54, 1.807) is 12.3 Å². The van der Waals surface area contributed by atoms with E-state index in [-0.39, 0.29) is 5.91 Å². The third kappa shape index (κ3) is 3.90. The average molecular weight is 434 g/mol. The molecule has 2 aromatic heterocycles. The molecule has 1 aliphatic carbocycles. The van der Waals surface area contributed by atoms with Gasteiger partial charge in [0.2, 0.25) is 0 Å². The molecule has 6 heteroatoms. The summed E-state index contributed by atoms with van der Waals surface area (Å²) in [5, 5.41) is 16.4. The Kier molecular flexibility index (Phi) is 5.02. The van der Waals surface area contributed by atoms with Gasteiger partial charge in [-0.1, -0.05) is 18.2 Å². The second-order valence-electron chi connectivity index (χ2n) is 8.49. The van der Waals surface area contributed by atoms with E-state index < -0.39 is 5.41 Å². The van der Waals surface area contributed by atoms with Crippen LogP contribution in [0.4, 0.5) is 11.5 Å². The summed E-state index contributed by atoms with van der Waals surface area (Å²) in [5.41, 5.74) is 5.66. The Labute approximate surface area is 192 Å². The van der Waals surface area contributed by atoms with E-state index in [4.69, 9.17) is 0 Å². The van der Waals surface area contributed by atoms with Crippen LogP contribution in [0, 0.1) is 18.3 Å². The molecule has 0 radical (unpaired) electrons. The number of pyridine rings is 2. The minimum Gasteiger partial charge on any atom is -0.373 e. The number of carbonyl (C=O) groups excluding carboxylic acids is 1. The zero-order valence-electron chi connectivity index (χ0n) is 18.5. The zero-order valence-corrected chi connectivity index (χ0v) is 18.5. The molecule has 162 valence electrons. The second-order valence-corrected chi connectivity index (χ2v) is 8.49. The van der Waals surface area contributed by atoms with Crippen molar-refractivity contribution in [2.24, 2.45) is 0 Å². The quantitative estimate of drug-likeness (QED) is 0.436. The topological polar surface area (TPSA) is 90.7 Å². The fourth-order valence-electron chi connectivity index (χ4n) is 4.07. The number of hydrogen-bond donors (Lipinski definition) is 2. The lowest BCUT2D eigenvalue weighted by Crippen LogP contribution is -2.13. The summed E-state index contributed by atoms with van der Waals surface area (Å²) in [6, 6.07) is 19.6. The van der Waals surface area contributed by atoms with Crippen molar-refractivity contribution in [2.45, 2.75) is 25.2 Å². The van der Waals surface area contributed by atoms with E-state index in [0.717, 1.165) is 51.8 Å². The van der Waals surface area contributed by atoms with E-state index in [1.165, 1.54) is 0 Å². The first-order valence-corrected chi connectivity index (χ1v) is 10.9. The summed E-state index contributed by atoms with van der Waals surface area (Å²) in [6.45, 7) is 2.04. The molecule has 1 fully saturated rings. The Balaban J connectivity index is 1.42. The van der Waals surface area contributed by atoms with Crippen molar-refractivity contribution in [1.29, 1.82) is 5.26 Å². The zero-order chi connectivity index (χ0) is 23.0. The van der Waals surface area contributed by atoms with E-state index in [2.05, 4.69) is 32.7 Å². The maximum atomic E-state index is 12.9. The molecule has 0 bridgehead atoms. The molecule has 0 atom stereocenters. The summed E-state index contributed by atoms with van der Waals surface area (Å²) in [7, 11) is 1.83. The molecule has 4 aromatic rings. The van der Waals surface area contributed by atoms with Crippen molar-refractivity contribution in [3.05, 3.63) is 83.7 Å². The Hall–Kier alpha value is -4.24. The highest BCUT2D eigenvalue weighted by atomic mass is 16.1. The van der Waals surface area contributed by atoms with Crippen LogP contribution in [0.15, 0.2) is 67.0 Å². The minimum absolute atomic E-state index is 0.194. The van der Waals surface area contributed by atoms with Crippen molar-refractivity contribution >= 4 is 28.3 Å². The number of nitrogens with zero attached hydrogens (tertiary/aromatic N) is 3. The predicted molar refractivity (Wildman–Crippen MR) is 130 cm³/mol. The van der Waals surface area contributed by atoms with E-state index in [1.807, 2.05) is 62.6 Å². The number of nitrogens with one attached hydrogen (secondary N) is 2. The number of fused-ring (bicyclic) bond motifs is 1. The van der Waals surface area contributed by atoms with Crippen molar-refractivity contribution in [1.82, 2.24) is 9.97 Å². The first kappa shape index (κ1) is 20.7. The highest BCUT2D eigenvalue weighted by Crippen LogP contribution is 2.47. The molecular weight excluding hydrogens is 410 g/mol. The normalized spacial score (nSPS) is 13.8. The largest absolute Gasteiger partial charge is 0.373 e. The fraction of sp³-hybridized carbons (Fsp3) is 0.185. The van der Waals surface area contributed by atoms with Gasteiger partial charge in [-0.15, -0.1) is 0 Å². The Morgan fingerprint density at radius 3 is 2.67 bits per heavy atom. The second kappa shape index (κ2) is 8.03. The SMILES string of the molecule is CNc1cc2ncc(-c3cc(NC(=O)c4cccc(C5(C#N)CC5)c4)ccc3C)cc2cn1. The number of hydrogen-bond acceptors (Lipinski definition) is 5. The van der Waals surface area contributed by atoms with E-state index >= 15 is 0 Å². The maximum absolute atomic E-state index is 12.9. The van der Waals surface area contributed by atoms with Gasteiger partial charge in [-0.25, -0.2) is 4.98 Å². The predicted octanol–water partition coefficient (Wildman–Crippen LogP) is 5.45.